The van der Waals surface area contributed by atoms with E-state index in [-0.39, 0.29) is 0 Å². The minimum absolute atomic E-state index is 0.433. The number of aliphatic hydroxyl groups is 2. The first-order chi connectivity index (χ1) is 10.5. The molecule has 0 fully saturated rings. The fourth-order valence-corrected chi connectivity index (χ4v) is 1.70. The van der Waals surface area contributed by atoms with E-state index in [0.29, 0.717) is 12.1 Å². The van der Waals surface area contributed by atoms with Gasteiger partial charge >= 0.3 is 6.09 Å². The first kappa shape index (κ1) is 18.8. The van der Waals surface area contributed by atoms with Crippen LogP contribution in [0.1, 0.15) is 38.0 Å². The predicted octanol–water partition coefficient (Wildman–Crippen LogP) is 1.76. The number of nitrogens with zero attached hydrogens (tertiary/aromatic N) is 1. The van der Waals surface area contributed by atoms with Gasteiger partial charge in [-0.2, -0.15) is 5.26 Å². The number of nitriles is 1. The summed E-state index contributed by atoms with van der Waals surface area (Å²) in [6, 6.07) is 2.72. The van der Waals surface area contributed by atoms with E-state index < -0.39 is 53.2 Å². The van der Waals surface area contributed by atoms with Crippen LogP contribution in [0.15, 0.2) is 12.1 Å². The minimum Gasteiger partial charge on any atom is -0.444 e. The highest BCUT2D eigenvalue weighted by atomic mass is 19.1. The van der Waals surface area contributed by atoms with Crippen molar-refractivity contribution in [2.75, 3.05) is 6.54 Å². The zero-order valence-electron chi connectivity index (χ0n) is 12.9. The number of ether oxygens (including phenoxy) is 1. The van der Waals surface area contributed by atoms with E-state index in [1.54, 1.807) is 20.8 Å². The quantitative estimate of drug-likeness (QED) is 0.781. The summed E-state index contributed by atoms with van der Waals surface area (Å²) in [5, 5.41) is 30.5. The number of halogens is 2. The molecular weight excluding hydrogens is 310 g/mol. The molecule has 0 bridgehead atoms. The van der Waals surface area contributed by atoms with Crippen molar-refractivity contribution in [3.05, 3.63) is 34.9 Å². The van der Waals surface area contributed by atoms with Crippen molar-refractivity contribution < 1.29 is 28.5 Å². The second-order valence-corrected chi connectivity index (χ2v) is 5.86. The molecule has 1 aromatic carbocycles. The lowest BCUT2D eigenvalue weighted by molar-refractivity contribution is 0.0111. The van der Waals surface area contributed by atoms with Crippen molar-refractivity contribution >= 4 is 6.09 Å². The molecule has 0 aliphatic carbocycles. The van der Waals surface area contributed by atoms with Crippen molar-refractivity contribution in [2.24, 2.45) is 0 Å². The molecule has 3 N–H and O–H groups in total. The topological polar surface area (TPSA) is 103 Å². The molecule has 8 heteroatoms. The average Bonchev–Trinajstić information content (AvgIpc) is 2.44. The van der Waals surface area contributed by atoms with Crippen LogP contribution in [0.4, 0.5) is 13.6 Å². The Labute approximate surface area is 132 Å². The van der Waals surface area contributed by atoms with Crippen LogP contribution in [0.3, 0.4) is 0 Å². The van der Waals surface area contributed by atoms with Crippen molar-refractivity contribution in [2.45, 2.75) is 38.6 Å². The van der Waals surface area contributed by atoms with Crippen LogP contribution in [0, 0.1) is 23.0 Å². The largest absolute Gasteiger partial charge is 0.444 e. The lowest BCUT2D eigenvalue weighted by atomic mass is 10.0. The van der Waals surface area contributed by atoms with Crippen LogP contribution in [-0.4, -0.2) is 34.6 Å². The van der Waals surface area contributed by atoms with E-state index in [4.69, 9.17) is 10.00 Å². The summed E-state index contributed by atoms with van der Waals surface area (Å²) < 4.78 is 32.2. The van der Waals surface area contributed by atoms with Crippen LogP contribution in [0.2, 0.25) is 0 Å². The van der Waals surface area contributed by atoms with Gasteiger partial charge in [0.1, 0.15) is 35.5 Å². The van der Waals surface area contributed by atoms with Gasteiger partial charge in [0.25, 0.3) is 0 Å². The Morgan fingerprint density at radius 3 is 2.48 bits per heavy atom. The molecule has 0 aliphatic heterocycles. The molecule has 126 valence electrons. The second-order valence-electron chi connectivity index (χ2n) is 5.86. The van der Waals surface area contributed by atoms with E-state index in [9.17, 15) is 23.8 Å². The first-order valence-corrected chi connectivity index (χ1v) is 6.77. The molecule has 0 aliphatic rings. The lowest BCUT2D eigenvalue weighted by Gasteiger charge is -2.22. The number of amides is 1. The molecule has 0 heterocycles. The van der Waals surface area contributed by atoms with Crippen molar-refractivity contribution in [1.29, 1.82) is 5.26 Å². The van der Waals surface area contributed by atoms with Gasteiger partial charge in [-0.3, -0.25) is 0 Å². The fourth-order valence-electron chi connectivity index (χ4n) is 1.70. The highest BCUT2D eigenvalue weighted by Crippen LogP contribution is 2.23. The summed E-state index contributed by atoms with van der Waals surface area (Å²) >= 11 is 0. The monoisotopic (exact) mass is 328 g/mol. The number of rotatable bonds is 4. The SMILES string of the molecule is CC(C)(C)OC(=O)NCC(O)C(O)c1cc(F)c(C#N)cc1F. The van der Waals surface area contributed by atoms with Gasteiger partial charge in [-0.1, -0.05) is 0 Å². The third-order valence-corrected chi connectivity index (χ3v) is 2.74. The van der Waals surface area contributed by atoms with Crippen LogP contribution in [0.25, 0.3) is 0 Å². The molecule has 0 aromatic heterocycles. The van der Waals surface area contributed by atoms with Crippen LogP contribution < -0.4 is 5.32 Å². The Bertz CT molecular complexity index is 623. The Morgan fingerprint density at radius 1 is 1.35 bits per heavy atom. The van der Waals surface area contributed by atoms with E-state index in [2.05, 4.69) is 5.32 Å². The Kier molecular flexibility index (Phi) is 6.01. The highest BCUT2D eigenvalue weighted by Gasteiger charge is 2.25. The molecule has 23 heavy (non-hydrogen) atoms. The maximum Gasteiger partial charge on any atom is 0.407 e. The van der Waals surface area contributed by atoms with E-state index in [0.717, 1.165) is 0 Å². The highest BCUT2D eigenvalue weighted by molar-refractivity contribution is 5.67. The van der Waals surface area contributed by atoms with Gasteiger partial charge in [-0.05, 0) is 32.9 Å². The van der Waals surface area contributed by atoms with Gasteiger partial charge in [0, 0.05) is 12.1 Å². The van der Waals surface area contributed by atoms with E-state index >= 15 is 0 Å². The summed E-state index contributed by atoms with van der Waals surface area (Å²) in [7, 11) is 0. The number of aliphatic hydroxyl groups excluding tert-OH is 2. The Balaban J connectivity index is 2.74. The molecular formula is C15H18F2N2O4. The minimum atomic E-state index is -1.79. The second kappa shape index (κ2) is 7.35. The standard InChI is InChI=1S/C15H18F2N2O4/c1-15(2,3)23-14(22)19-7-12(20)13(21)9-5-10(16)8(6-18)4-11(9)17/h4-5,12-13,20-21H,7H2,1-3H3,(H,19,22). The zero-order chi connectivity index (χ0) is 17.8. The van der Waals surface area contributed by atoms with Crippen molar-refractivity contribution in [3.63, 3.8) is 0 Å². The maximum absolute atomic E-state index is 13.7. The molecule has 0 saturated heterocycles. The van der Waals surface area contributed by atoms with E-state index in [1.165, 1.54) is 6.07 Å². The first-order valence-electron chi connectivity index (χ1n) is 6.77. The number of carbonyl (C=O) groups excluding carboxylic acids is 1. The molecule has 2 atom stereocenters. The average molecular weight is 328 g/mol. The summed E-state index contributed by atoms with van der Waals surface area (Å²) in [6.07, 6.45) is -4.20. The number of benzene rings is 1. The number of nitrogens with one attached hydrogen (secondary N) is 1. The molecule has 0 radical (unpaired) electrons. The van der Waals surface area contributed by atoms with Crippen molar-refractivity contribution in [3.8, 4) is 6.07 Å². The van der Waals surface area contributed by atoms with Crippen LogP contribution >= 0.6 is 0 Å². The van der Waals surface area contributed by atoms with Gasteiger partial charge in [0.2, 0.25) is 0 Å². The summed E-state index contributed by atoms with van der Waals surface area (Å²) in [5.41, 5.74) is -1.77. The van der Waals surface area contributed by atoms with Crippen molar-refractivity contribution in [1.82, 2.24) is 5.32 Å². The predicted molar refractivity (Wildman–Crippen MR) is 76.3 cm³/mol. The third kappa shape index (κ3) is 5.47. The van der Waals surface area contributed by atoms with Crippen LogP contribution in [-0.2, 0) is 4.74 Å². The Morgan fingerprint density at radius 2 is 1.96 bits per heavy atom. The zero-order valence-corrected chi connectivity index (χ0v) is 12.9. The molecule has 0 spiro atoms. The van der Waals surface area contributed by atoms with Gasteiger partial charge in [0.15, 0.2) is 0 Å². The molecule has 1 aromatic rings. The van der Waals surface area contributed by atoms with Gasteiger partial charge in [0.05, 0.1) is 5.56 Å². The summed E-state index contributed by atoms with van der Waals surface area (Å²) in [6.45, 7) is 4.50. The Hall–Kier alpha value is -2.24. The molecule has 0 saturated carbocycles. The number of carbonyl (C=O) groups is 1. The van der Waals surface area contributed by atoms with Gasteiger partial charge in [-0.25, -0.2) is 13.6 Å². The van der Waals surface area contributed by atoms with Crippen LogP contribution in [0.5, 0.6) is 0 Å². The van der Waals surface area contributed by atoms with E-state index in [1.807, 2.05) is 0 Å². The normalized spacial score (nSPS) is 13.8. The molecule has 1 amide bonds. The summed E-state index contributed by atoms with van der Waals surface area (Å²) in [4.78, 5) is 11.4. The molecule has 6 nitrogen and oxygen atoms in total. The van der Waals surface area contributed by atoms with Gasteiger partial charge in [-0.15, -0.1) is 0 Å². The van der Waals surface area contributed by atoms with Gasteiger partial charge < -0.3 is 20.3 Å². The number of hydrogen-bond acceptors (Lipinski definition) is 5. The number of alkyl carbamates (subject to hydrolysis) is 1. The number of hydrogen-bond donors (Lipinski definition) is 3. The lowest BCUT2D eigenvalue weighted by Crippen LogP contribution is -2.39. The smallest absolute Gasteiger partial charge is 0.407 e. The third-order valence-electron chi connectivity index (χ3n) is 2.74. The molecule has 2 unspecified atom stereocenters. The molecule has 1 rings (SSSR count). The fraction of sp³-hybridized carbons (Fsp3) is 0.467. The summed E-state index contributed by atoms with van der Waals surface area (Å²) in [5.74, 6) is -2.05. The maximum atomic E-state index is 13.7.